The summed E-state index contributed by atoms with van der Waals surface area (Å²) in [4.78, 5) is 52.7. The number of nitrogens with zero attached hydrogens (tertiary/aromatic N) is 9. The summed E-state index contributed by atoms with van der Waals surface area (Å²) < 4.78 is 67.0. The maximum absolute atomic E-state index is 16.4. The van der Waals surface area contributed by atoms with Gasteiger partial charge in [-0.05, 0) is 84.8 Å². The van der Waals surface area contributed by atoms with E-state index in [2.05, 4.69) is 30.3 Å². The van der Waals surface area contributed by atoms with Crippen molar-refractivity contribution in [3.63, 3.8) is 0 Å². The molecule has 58 heavy (non-hydrogen) atoms. The van der Waals surface area contributed by atoms with E-state index in [1.807, 2.05) is 53.6 Å². The molecule has 304 valence electrons. The van der Waals surface area contributed by atoms with Gasteiger partial charge in [-0.1, -0.05) is 43.3 Å². The molecule has 3 atom stereocenters. The van der Waals surface area contributed by atoms with E-state index in [0.717, 1.165) is 62.2 Å². The summed E-state index contributed by atoms with van der Waals surface area (Å²) in [7, 11) is -4.75. The van der Waals surface area contributed by atoms with Crippen molar-refractivity contribution in [3.8, 4) is 16.8 Å². The standard InChI is InChI=1S/C38H40F3N10O6P/c1-4-33(25(2)57-58(54,55)56)50-36(53)49(24-43-50)30-16-14-29(15-17-30)48-21-19-47(20-22-48)28-12-9-26(10-13-28)27-11-18-34(42-23-27)38(40,41)37(3,51-35(52)44-45-46-51)31-7-5-6-8-32(31)39/h5-18,23-25,33H,4,19-22H2,1-3H3,(H,44,46,52)(H2,54,55,56)/t25-,33-,37-/m0/s1. The van der Waals surface area contributed by atoms with E-state index in [4.69, 9.17) is 4.52 Å². The normalized spacial score (nSPS) is 15.9. The van der Waals surface area contributed by atoms with Crippen LogP contribution in [-0.2, 0) is 20.6 Å². The van der Waals surface area contributed by atoms with Gasteiger partial charge in [0, 0.05) is 54.9 Å². The van der Waals surface area contributed by atoms with E-state index >= 15 is 8.78 Å². The second-order valence-electron chi connectivity index (χ2n) is 14.0. The van der Waals surface area contributed by atoms with Crippen molar-refractivity contribution in [2.75, 3.05) is 36.0 Å². The Morgan fingerprint density at radius 1 is 0.879 bits per heavy atom. The molecule has 1 aliphatic rings. The number of hydrogen-bond donors (Lipinski definition) is 3. The fraction of sp³-hybridized carbons (Fsp3) is 0.316. The number of benzene rings is 3. The molecule has 1 fully saturated rings. The first-order valence-electron chi connectivity index (χ1n) is 18.3. The number of aromatic amines is 1. The first-order valence-corrected chi connectivity index (χ1v) is 19.9. The number of rotatable bonds is 13. The minimum Gasteiger partial charge on any atom is -0.368 e. The van der Waals surface area contributed by atoms with Crippen molar-refractivity contribution in [1.29, 1.82) is 0 Å². The predicted molar refractivity (Wildman–Crippen MR) is 208 cm³/mol. The summed E-state index contributed by atoms with van der Waals surface area (Å²) in [6.45, 7) is 7.17. The number of halogens is 3. The van der Waals surface area contributed by atoms with Crippen LogP contribution in [0.5, 0.6) is 0 Å². The number of anilines is 2. The highest BCUT2D eigenvalue weighted by molar-refractivity contribution is 7.46. The molecule has 3 aromatic heterocycles. The molecule has 3 N–H and O–H groups in total. The van der Waals surface area contributed by atoms with Crippen LogP contribution in [0.15, 0.2) is 107 Å². The van der Waals surface area contributed by atoms with Gasteiger partial charge in [-0.2, -0.15) is 18.6 Å². The molecule has 1 aliphatic heterocycles. The minimum absolute atomic E-state index is 0.362. The molecule has 0 amide bonds. The topological polar surface area (TPSA) is 190 Å². The zero-order valence-electron chi connectivity index (χ0n) is 31.6. The van der Waals surface area contributed by atoms with Gasteiger partial charge < -0.3 is 19.6 Å². The maximum Gasteiger partial charge on any atom is 0.469 e. The van der Waals surface area contributed by atoms with Gasteiger partial charge in [-0.25, -0.2) is 32.9 Å². The van der Waals surface area contributed by atoms with Crippen molar-refractivity contribution in [2.24, 2.45) is 0 Å². The SMILES string of the molecule is CC[C@@H]([C@H](C)OP(=O)(O)O)n1ncn(-c2ccc(N3CCN(c4ccc(-c5ccc(C(F)(F)[C@](C)(c6ccccc6F)n6nn[nH]c6=O)nc5)cc4)CC3)cc2)c1=O. The molecule has 0 spiro atoms. The van der Waals surface area contributed by atoms with Crippen molar-refractivity contribution in [2.45, 2.75) is 50.8 Å². The first kappa shape index (κ1) is 40.3. The number of H-pyrrole nitrogens is 1. The van der Waals surface area contributed by atoms with E-state index in [1.54, 1.807) is 6.92 Å². The molecule has 7 rings (SSSR count). The smallest absolute Gasteiger partial charge is 0.368 e. The van der Waals surface area contributed by atoms with Gasteiger partial charge in [0.1, 0.15) is 17.8 Å². The van der Waals surface area contributed by atoms with Crippen LogP contribution in [0.4, 0.5) is 24.5 Å². The maximum atomic E-state index is 16.4. The van der Waals surface area contributed by atoms with Gasteiger partial charge in [0.05, 0.1) is 17.8 Å². The predicted octanol–water partition coefficient (Wildman–Crippen LogP) is 4.85. The second kappa shape index (κ2) is 15.8. The highest BCUT2D eigenvalue weighted by Gasteiger charge is 2.58. The molecule has 4 heterocycles. The number of alkyl halides is 2. The lowest BCUT2D eigenvalue weighted by Crippen LogP contribution is -2.52. The van der Waals surface area contributed by atoms with Crippen molar-refractivity contribution in [1.82, 2.24) is 39.5 Å². The number of nitrogens with one attached hydrogen (secondary N) is 1. The number of aromatic nitrogens is 8. The molecule has 20 heteroatoms. The van der Waals surface area contributed by atoms with Crippen LogP contribution < -0.4 is 21.2 Å². The average molecular weight is 821 g/mol. The number of phosphoric ester groups is 1. The highest BCUT2D eigenvalue weighted by atomic mass is 31.2. The van der Waals surface area contributed by atoms with Crippen LogP contribution in [0.3, 0.4) is 0 Å². The Kier molecular flexibility index (Phi) is 11.0. The summed E-state index contributed by atoms with van der Waals surface area (Å²) in [6, 6.07) is 22.1. The van der Waals surface area contributed by atoms with Crippen LogP contribution in [0.1, 0.15) is 44.5 Å². The fourth-order valence-corrected chi connectivity index (χ4v) is 7.96. The van der Waals surface area contributed by atoms with Crippen LogP contribution in [0.25, 0.3) is 16.8 Å². The lowest BCUT2D eigenvalue weighted by Gasteiger charge is -2.37. The highest BCUT2D eigenvalue weighted by Crippen LogP contribution is 2.47. The lowest BCUT2D eigenvalue weighted by molar-refractivity contribution is -0.104. The zero-order valence-corrected chi connectivity index (χ0v) is 32.5. The molecule has 0 radical (unpaired) electrons. The van der Waals surface area contributed by atoms with E-state index < -0.39 is 59.9 Å². The van der Waals surface area contributed by atoms with Crippen molar-refractivity contribution in [3.05, 3.63) is 135 Å². The number of tetrazole rings is 1. The number of phosphoric acid groups is 1. The molecule has 0 unspecified atom stereocenters. The Bertz CT molecular complexity index is 2530. The molecule has 0 aliphatic carbocycles. The molecular weight excluding hydrogens is 780 g/mol. The van der Waals surface area contributed by atoms with Gasteiger partial charge in [0.2, 0.25) is 0 Å². The molecule has 1 saturated heterocycles. The number of piperazine rings is 1. The first-order chi connectivity index (χ1) is 27.6. The van der Waals surface area contributed by atoms with Gasteiger partial charge in [0.25, 0.3) is 0 Å². The quantitative estimate of drug-likeness (QED) is 0.135. The van der Waals surface area contributed by atoms with Crippen molar-refractivity contribution < 1.29 is 32.0 Å². The van der Waals surface area contributed by atoms with Crippen LogP contribution >= 0.6 is 7.82 Å². The number of hydrogen-bond acceptors (Lipinski definition) is 10. The summed E-state index contributed by atoms with van der Waals surface area (Å²) in [5.74, 6) is -4.85. The molecular formula is C38H40F3N10O6P. The Morgan fingerprint density at radius 2 is 1.47 bits per heavy atom. The monoisotopic (exact) mass is 820 g/mol. The van der Waals surface area contributed by atoms with Gasteiger partial charge in [0.15, 0.2) is 5.54 Å². The van der Waals surface area contributed by atoms with Gasteiger partial charge in [-0.3, -0.25) is 9.51 Å². The minimum atomic E-state index is -4.75. The van der Waals surface area contributed by atoms with E-state index in [9.17, 15) is 28.3 Å². The van der Waals surface area contributed by atoms with Crippen LogP contribution in [0, 0.1) is 5.82 Å². The fourth-order valence-electron chi connectivity index (χ4n) is 7.39. The van der Waals surface area contributed by atoms with Crippen molar-refractivity contribution >= 4 is 19.2 Å². The third-order valence-electron chi connectivity index (χ3n) is 10.6. The lowest BCUT2D eigenvalue weighted by atomic mass is 9.83. The molecule has 3 aromatic carbocycles. The third kappa shape index (κ3) is 7.60. The third-order valence-corrected chi connectivity index (χ3v) is 11.2. The van der Waals surface area contributed by atoms with E-state index in [0.29, 0.717) is 22.4 Å². The van der Waals surface area contributed by atoms with Crippen LogP contribution in [-0.4, -0.2) is 81.6 Å². The zero-order chi connectivity index (χ0) is 41.4. The Hall–Kier alpha value is -5.88. The average Bonchev–Trinajstić information content (AvgIpc) is 3.82. The second-order valence-corrected chi connectivity index (χ2v) is 15.2. The number of pyridine rings is 1. The van der Waals surface area contributed by atoms with Crippen LogP contribution in [0.2, 0.25) is 0 Å². The molecule has 0 saturated carbocycles. The Labute approximate surface area is 329 Å². The van der Waals surface area contributed by atoms with E-state index in [-0.39, 0.29) is 0 Å². The summed E-state index contributed by atoms with van der Waals surface area (Å²) in [5.41, 5.74) is -1.38. The van der Waals surface area contributed by atoms with Gasteiger partial charge >= 0.3 is 25.1 Å². The molecule has 6 aromatic rings. The van der Waals surface area contributed by atoms with Gasteiger partial charge in [-0.15, -0.1) is 0 Å². The molecule has 0 bridgehead atoms. The van der Waals surface area contributed by atoms with E-state index in [1.165, 1.54) is 53.0 Å². The summed E-state index contributed by atoms with van der Waals surface area (Å²) in [6.07, 6.45) is 2.09. The largest absolute Gasteiger partial charge is 0.469 e. The summed E-state index contributed by atoms with van der Waals surface area (Å²) in [5, 5.41) is 13.1. The Balaban J connectivity index is 0.997. The molecule has 16 nitrogen and oxygen atoms in total. The Morgan fingerprint density at radius 3 is 2.00 bits per heavy atom. The summed E-state index contributed by atoms with van der Waals surface area (Å²) >= 11 is 0.